The van der Waals surface area contributed by atoms with Gasteiger partial charge in [-0.05, 0) is 37.0 Å². The number of carbonyl (C=O) groups excluding carboxylic acids is 1. The van der Waals surface area contributed by atoms with Crippen LogP contribution < -0.4 is 0 Å². The van der Waals surface area contributed by atoms with Gasteiger partial charge >= 0.3 is 0 Å². The van der Waals surface area contributed by atoms with Crippen molar-refractivity contribution < 1.29 is 9.53 Å². The molecule has 0 bridgehead atoms. The maximum absolute atomic E-state index is 12.2. The summed E-state index contributed by atoms with van der Waals surface area (Å²) in [7, 11) is 0. The smallest absolute Gasteiger partial charge is 0.164 e. The van der Waals surface area contributed by atoms with E-state index in [1.165, 1.54) is 19.3 Å². The molecule has 1 saturated carbocycles. The van der Waals surface area contributed by atoms with Crippen molar-refractivity contribution in [1.82, 2.24) is 0 Å². The average molecular weight is 266 g/mol. The van der Waals surface area contributed by atoms with Crippen molar-refractivity contribution in [2.75, 3.05) is 0 Å². The van der Waals surface area contributed by atoms with Crippen LogP contribution in [0.3, 0.4) is 0 Å². The highest BCUT2D eigenvalue weighted by Crippen LogP contribution is 2.42. The molecular weight excluding hydrogens is 236 g/mol. The molecule has 0 amide bonds. The summed E-state index contributed by atoms with van der Waals surface area (Å²) in [4.78, 5) is 12.2. The molecule has 0 N–H and O–H groups in total. The highest BCUT2D eigenvalue weighted by atomic mass is 16.5. The Morgan fingerprint density at radius 3 is 2.47 bits per heavy atom. The number of hydrogen-bond donors (Lipinski definition) is 0. The van der Waals surface area contributed by atoms with Gasteiger partial charge in [0.15, 0.2) is 5.78 Å². The van der Waals surface area contributed by atoms with E-state index in [0.717, 1.165) is 25.7 Å². The van der Waals surface area contributed by atoms with Gasteiger partial charge in [-0.2, -0.15) is 0 Å². The lowest BCUT2D eigenvalue weighted by molar-refractivity contribution is -0.125. The summed E-state index contributed by atoms with van der Waals surface area (Å²) in [5.41, 5.74) is 0.269. The van der Waals surface area contributed by atoms with Crippen molar-refractivity contribution in [3.63, 3.8) is 0 Å². The molecule has 2 rings (SSSR count). The SMILES string of the molecule is CC(CC1OC2(CCCCC2)CC1=O)CC(C)(C)C. The summed E-state index contributed by atoms with van der Waals surface area (Å²) < 4.78 is 6.24. The number of ketones is 1. The Morgan fingerprint density at radius 2 is 1.89 bits per heavy atom. The first-order chi connectivity index (χ1) is 8.80. The number of rotatable bonds is 3. The van der Waals surface area contributed by atoms with E-state index in [0.29, 0.717) is 23.5 Å². The Balaban J connectivity index is 1.89. The minimum absolute atomic E-state index is 0.0680. The predicted octanol–water partition coefficient (Wildman–Crippen LogP) is 4.51. The molecule has 0 radical (unpaired) electrons. The summed E-state index contributed by atoms with van der Waals surface area (Å²) in [6.45, 7) is 9.06. The summed E-state index contributed by atoms with van der Waals surface area (Å²) in [5, 5.41) is 0. The fraction of sp³-hybridized carbons (Fsp3) is 0.941. The van der Waals surface area contributed by atoms with Gasteiger partial charge in [-0.15, -0.1) is 0 Å². The van der Waals surface area contributed by atoms with Crippen LogP contribution in [-0.2, 0) is 9.53 Å². The van der Waals surface area contributed by atoms with Crippen LogP contribution in [-0.4, -0.2) is 17.5 Å². The molecule has 1 spiro atoms. The third-order valence-corrected chi connectivity index (χ3v) is 4.59. The monoisotopic (exact) mass is 266 g/mol. The Morgan fingerprint density at radius 1 is 1.26 bits per heavy atom. The summed E-state index contributed by atoms with van der Waals surface area (Å²) in [6, 6.07) is 0. The minimum Gasteiger partial charge on any atom is -0.364 e. The molecule has 110 valence electrons. The molecule has 2 unspecified atom stereocenters. The molecule has 1 saturated heterocycles. The van der Waals surface area contributed by atoms with E-state index < -0.39 is 0 Å². The normalized spacial score (nSPS) is 28.8. The standard InChI is InChI=1S/C17H30O2/c1-13(11-16(2,3)4)10-15-14(18)12-17(19-15)8-6-5-7-9-17/h13,15H,5-12H2,1-4H3. The molecular formula is C17H30O2. The molecule has 2 fully saturated rings. The maximum Gasteiger partial charge on any atom is 0.164 e. The second-order valence-corrected chi connectivity index (χ2v) is 8.10. The summed E-state index contributed by atoms with van der Waals surface area (Å²) >= 11 is 0. The lowest BCUT2D eigenvalue weighted by Gasteiger charge is -2.33. The van der Waals surface area contributed by atoms with Gasteiger partial charge in [-0.3, -0.25) is 4.79 Å². The van der Waals surface area contributed by atoms with E-state index in [-0.39, 0.29) is 11.7 Å². The second-order valence-electron chi connectivity index (χ2n) is 8.10. The number of hydrogen-bond acceptors (Lipinski definition) is 2. The zero-order valence-corrected chi connectivity index (χ0v) is 13.1. The van der Waals surface area contributed by atoms with Crippen molar-refractivity contribution in [3.05, 3.63) is 0 Å². The highest BCUT2D eigenvalue weighted by molar-refractivity contribution is 5.86. The maximum atomic E-state index is 12.2. The molecule has 0 aromatic rings. The lowest BCUT2D eigenvalue weighted by atomic mass is 9.81. The van der Waals surface area contributed by atoms with Crippen LogP contribution in [0.5, 0.6) is 0 Å². The van der Waals surface area contributed by atoms with Gasteiger partial charge in [0.05, 0.1) is 5.60 Å². The zero-order valence-electron chi connectivity index (χ0n) is 13.1. The lowest BCUT2D eigenvalue weighted by Crippen LogP contribution is -2.32. The number of Topliss-reactive ketones (excluding diaryl/α,β-unsaturated/α-hetero) is 1. The number of ether oxygens (including phenoxy) is 1. The van der Waals surface area contributed by atoms with Crippen LogP contribution in [0.25, 0.3) is 0 Å². The topological polar surface area (TPSA) is 26.3 Å². The van der Waals surface area contributed by atoms with Gasteiger partial charge in [0, 0.05) is 6.42 Å². The van der Waals surface area contributed by atoms with Gasteiger partial charge in [0.25, 0.3) is 0 Å². The molecule has 1 aliphatic carbocycles. The second kappa shape index (κ2) is 5.55. The molecule has 1 heterocycles. The van der Waals surface area contributed by atoms with Crippen molar-refractivity contribution in [2.45, 2.75) is 90.8 Å². The van der Waals surface area contributed by atoms with E-state index >= 15 is 0 Å². The van der Waals surface area contributed by atoms with E-state index in [1.54, 1.807) is 0 Å². The molecule has 2 heteroatoms. The molecule has 0 aromatic heterocycles. The molecule has 0 aromatic carbocycles. The molecule has 19 heavy (non-hydrogen) atoms. The largest absolute Gasteiger partial charge is 0.364 e. The van der Waals surface area contributed by atoms with Crippen LogP contribution in [0.1, 0.15) is 79.1 Å². The first-order valence-electron chi connectivity index (χ1n) is 8.00. The van der Waals surface area contributed by atoms with Gasteiger partial charge in [-0.1, -0.05) is 47.0 Å². The van der Waals surface area contributed by atoms with Gasteiger partial charge in [0.2, 0.25) is 0 Å². The summed E-state index contributed by atoms with van der Waals surface area (Å²) in [5.74, 6) is 0.926. The zero-order chi connectivity index (χ0) is 14.1. The highest BCUT2D eigenvalue weighted by Gasteiger charge is 2.46. The minimum atomic E-state index is -0.115. The summed E-state index contributed by atoms with van der Waals surface area (Å²) in [6.07, 6.45) is 8.62. The van der Waals surface area contributed by atoms with Crippen LogP contribution >= 0.6 is 0 Å². The van der Waals surface area contributed by atoms with Crippen LogP contribution in [0.2, 0.25) is 0 Å². The molecule has 2 atom stereocenters. The van der Waals surface area contributed by atoms with Crippen LogP contribution in [0, 0.1) is 11.3 Å². The Hall–Kier alpha value is -0.370. The van der Waals surface area contributed by atoms with Crippen molar-refractivity contribution in [1.29, 1.82) is 0 Å². The fourth-order valence-corrected chi connectivity index (χ4v) is 4.01. The number of carbonyl (C=O) groups is 1. The van der Waals surface area contributed by atoms with Gasteiger partial charge < -0.3 is 4.74 Å². The van der Waals surface area contributed by atoms with Crippen molar-refractivity contribution in [2.24, 2.45) is 11.3 Å². The Labute approximate surface area is 118 Å². The molecule has 1 aliphatic heterocycles. The first kappa shape index (κ1) is 15.0. The third-order valence-electron chi connectivity index (χ3n) is 4.59. The van der Waals surface area contributed by atoms with E-state index in [9.17, 15) is 4.79 Å². The van der Waals surface area contributed by atoms with Crippen LogP contribution in [0.4, 0.5) is 0 Å². The Bertz CT molecular complexity index is 321. The quantitative estimate of drug-likeness (QED) is 0.751. The molecule has 2 aliphatic rings. The van der Waals surface area contributed by atoms with Crippen molar-refractivity contribution >= 4 is 5.78 Å². The van der Waals surface area contributed by atoms with Crippen LogP contribution in [0.15, 0.2) is 0 Å². The molecule has 2 nitrogen and oxygen atoms in total. The third kappa shape index (κ3) is 4.05. The van der Waals surface area contributed by atoms with E-state index in [2.05, 4.69) is 27.7 Å². The fourth-order valence-electron chi connectivity index (χ4n) is 4.01. The first-order valence-corrected chi connectivity index (χ1v) is 8.00. The van der Waals surface area contributed by atoms with Gasteiger partial charge in [0.1, 0.15) is 6.10 Å². The van der Waals surface area contributed by atoms with E-state index in [4.69, 9.17) is 4.74 Å². The average Bonchev–Trinajstić information content (AvgIpc) is 2.53. The van der Waals surface area contributed by atoms with Crippen molar-refractivity contribution in [3.8, 4) is 0 Å². The van der Waals surface area contributed by atoms with E-state index in [1.807, 2.05) is 0 Å². The van der Waals surface area contributed by atoms with Gasteiger partial charge in [-0.25, -0.2) is 0 Å². The Kier molecular flexibility index (Phi) is 4.39. The predicted molar refractivity (Wildman–Crippen MR) is 78.2 cm³/mol.